The van der Waals surface area contributed by atoms with Crippen molar-refractivity contribution in [1.82, 2.24) is 30.7 Å². The van der Waals surface area contributed by atoms with Gasteiger partial charge >= 0.3 is 18.3 Å². The smallest absolute Gasteiger partial charge is 0.407 e. The normalized spacial score (nSPS) is 10.6. The molecule has 2 amide bonds. The average molecular weight is 855 g/mol. The van der Waals surface area contributed by atoms with Crippen LogP contribution in [0.15, 0.2) is 91.0 Å². The molecule has 0 spiro atoms. The van der Waals surface area contributed by atoms with Crippen molar-refractivity contribution in [2.75, 3.05) is 132 Å². The van der Waals surface area contributed by atoms with Gasteiger partial charge in [-0.1, -0.05) is 91.0 Å². The number of alkyl carbamates (subject to hydrolysis) is 2. The van der Waals surface area contributed by atoms with Crippen LogP contribution in [0.1, 0.15) is 23.6 Å². The molecule has 0 aliphatic rings. The maximum absolute atomic E-state index is 11.1. The fraction of sp³-hybridized carbons (Fsp3) is 0.512. The molecular weight excluding hydrogens is 781 g/mol. The highest BCUT2D eigenvalue weighted by Gasteiger charge is 2.35. The first-order valence-corrected chi connectivity index (χ1v) is 20.7. The standard InChI is InChI=1S/C25H32N4.C11H24N4O4.C6H18N4.CO2/c26-16-19-29(20-17-27)21-18-28-25(22-10-4-1-5-11-22,23-12-6-2-7-13-23)24-14-8-3-9-15-24;1-3-19-11(17)14-6-9-15(7-4-12)8-5-13-10(16)18-2;7-1-4-10(5-2-8)6-3-9;2-1-3/h1-15,28H,16-21,26-27H2;3-9,12H2,1-2H3,(H,13,16)(H,14,17);1-9H2;. The molecule has 61 heavy (non-hydrogen) atoms. The molecule has 0 fully saturated rings. The van der Waals surface area contributed by atoms with E-state index in [9.17, 15) is 9.59 Å². The van der Waals surface area contributed by atoms with Gasteiger partial charge in [-0.15, -0.1) is 0 Å². The predicted octanol–water partition coefficient (Wildman–Crippen LogP) is -0.282. The van der Waals surface area contributed by atoms with E-state index in [-0.39, 0.29) is 6.15 Å². The molecule has 0 atom stereocenters. The zero-order chi connectivity index (χ0) is 45.4. The van der Waals surface area contributed by atoms with E-state index < -0.39 is 17.7 Å². The number of methoxy groups -OCH3 is 1. The molecule has 3 rings (SSSR count). The lowest BCUT2D eigenvalue weighted by atomic mass is 9.77. The lowest BCUT2D eigenvalue weighted by Crippen LogP contribution is -2.48. The third kappa shape index (κ3) is 24.9. The molecule has 0 unspecified atom stereocenters. The quantitative estimate of drug-likeness (QED) is 0.0470. The summed E-state index contributed by atoms with van der Waals surface area (Å²) in [5, 5.41) is 9.12. The fourth-order valence-corrected chi connectivity index (χ4v) is 6.26. The molecule has 342 valence electrons. The third-order valence-corrected chi connectivity index (χ3v) is 8.97. The van der Waals surface area contributed by atoms with Crippen LogP contribution in [0.4, 0.5) is 9.59 Å². The van der Waals surface area contributed by atoms with Gasteiger partial charge in [-0.2, -0.15) is 9.59 Å². The van der Waals surface area contributed by atoms with E-state index in [4.69, 9.17) is 48.7 Å². The van der Waals surface area contributed by atoms with Gasteiger partial charge < -0.3 is 54.5 Å². The first-order chi connectivity index (χ1) is 29.7. The zero-order valence-corrected chi connectivity index (χ0v) is 36.4. The maximum Gasteiger partial charge on any atom is 0.407 e. The molecule has 3 aromatic rings. The number of carbonyl (C=O) groups excluding carboxylic acids is 4. The first kappa shape index (κ1) is 56.2. The molecule has 0 saturated carbocycles. The Balaban J connectivity index is 0.000000965. The van der Waals surface area contributed by atoms with Gasteiger partial charge in [0.1, 0.15) is 0 Å². The molecule has 0 radical (unpaired) electrons. The van der Waals surface area contributed by atoms with Gasteiger partial charge in [0.25, 0.3) is 0 Å². The minimum Gasteiger partial charge on any atom is -0.453 e. The Morgan fingerprint density at radius 1 is 0.525 bits per heavy atom. The van der Waals surface area contributed by atoms with Gasteiger partial charge in [0, 0.05) is 118 Å². The van der Waals surface area contributed by atoms with Gasteiger partial charge in [-0.05, 0) is 23.6 Å². The van der Waals surface area contributed by atoms with Crippen molar-refractivity contribution in [3.63, 3.8) is 0 Å². The number of ether oxygens (including phenoxy) is 2. The van der Waals surface area contributed by atoms with Crippen molar-refractivity contribution in [2.45, 2.75) is 12.5 Å². The Bertz CT molecular complexity index is 1390. The number of rotatable bonds is 26. The monoisotopic (exact) mass is 855 g/mol. The molecular formula is C43H74N12O6. The molecule has 3 aromatic carbocycles. The van der Waals surface area contributed by atoms with Crippen molar-refractivity contribution < 1.29 is 28.7 Å². The minimum atomic E-state index is -0.461. The Morgan fingerprint density at radius 3 is 1.13 bits per heavy atom. The molecule has 0 aliphatic carbocycles. The van der Waals surface area contributed by atoms with Crippen LogP contribution in [-0.2, 0) is 24.6 Å². The number of hydrogen-bond acceptors (Lipinski definition) is 16. The van der Waals surface area contributed by atoms with E-state index in [0.717, 1.165) is 45.8 Å². The number of carbonyl (C=O) groups is 2. The number of hydrogen-bond donors (Lipinski definition) is 9. The molecule has 0 saturated heterocycles. The van der Waals surface area contributed by atoms with Crippen LogP contribution in [-0.4, -0.2) is 165 Å². The first-order valence-electron chi connectivity index (χ1n) is 20.7. The molecule has 0 bridgehead atoms. The number of amides is 2. The summed E-state index contributed by atoms with van der Waals surface area (Å²) in [5.74, 6) is 0. The molecule has 0 heterocycles. The second-order valence-electron chi connectivity index (χ2n) is 13.2. The summed E-state index contributed by atoms with van der Waals surface area (Å²) in [4.78, 5) is 44.7. The van der Waals surface area contributed by atoms with E-state index in [0.29, 0.717) is 78.6 Å². The Morgan fingerprint density at radius 2 is 0.820 bits per heavy atom. The van der Waals surface area contributed by atoms with Gasteiger partial charge in [0.2, 0.25) is 0 Å². The lowest BCUT2D eigenvalue weighted by molar-refractivity contribution is -0.191. The van der Waals surface area contributed by atoms with E-state index in [1.165, 1.54) is 23.8 Å². The highest BCUT2D eigenvalue weighted by molar-refractivity contribution is 5.67. The second-order valence-corrected chi connectivity index (χ2v) is 13.2. The summed E-state index contributed by atoms with van der Waals surface area (Å²) in [7, 11) is 1.32. The number of nitrogens with one attached hydrogen (secondary N) is 3. The van der Waals surface area contributed by atoms with Crippen LogP contribution in [0.3, 0.4) is 0 Å². The maximum atomic E-state index is 11.1. The lowest BCUT2D eigenvalue weighted by Gasteiger charge is -2.38. The Hall–Kier alpha value is -4.82. The van der Waals surface area contributed by atoms with Crippen molar-refractivity contribution in [2.24, 2.45) is 34.4 Å². The summed E-state index contributed by atoms with van der Waals surface area (Å²) in [6.45, 7) is 14.9. The van der Waals surface area contributed by atoms with E-state index >= 15 is 0 Å². The Kier molecular flexibility index (Phi) is 35.1. The largest absolute Gasteiger partial charge is 0.453 e. The van der Waals surface area contributed by atoms with Crippen LogP contribution in [0.25, 0.3) is 0 Å². The van der Waals surface area contributed by atoms with Crippen LogP contribution >= 0.6 is 0 Å². The molecule has 18 nitrogen and oxygen atoms in total. The topological polar surface area (TPSA) is 289 Å². The van der Waals surface area contributed by atoms with Crippen LogP contribution in [0.5, 0.6) is 0 Å². The fourth-order valence-electron chi connectivity index (χ4n) is 6.26. The zero-order valence-electron chi connectivity index (χ0n) is 36.4. The number of nitrogens with zero attached hydrogens (tertiary/aromatic N) is 3. The predicted molar refractivity (Wildman–Crippen MR) is 241 cm³/mol. The summed E-state index contributed by atoms with van der Waals surface area (Å²) in [5.41, 5.74) is 36.4. The van der Waals surface area contributed by atoms with Gasteiger partial charge in [-0.3, -0.25) is 20.0 Å². The highest BCUT2D eigenvalue weighted by Crippen LogP contribution is 2.36. The van der Waals surface area contributed by atoms with Gasteiger partial charge in [0.05, 0.1) is 19.3 Å². The number of benzene rings is 3. The Labute approximate surface area is 363 Å². The SMILES string of the molecule is CCOC(=O)NCCN(CCN)CCNC(=O)OC.NCCN(CCN)CCN.NCCN(CCN)CCNC(c1ccccc1)(c1ccccc1)c1ccccc1.O=C=O. The average Bonchev–Trinajstić information content (AvgIpc) is 3.27. The minimum absolute atomic E-state index is 0.250. The van der Waals surface area contributed by atoms with Crippen molar-refractivity contribution in [3.05, 3.63) is 108 Å². The third-order valence-electron chi connectivity index (χ3n) is 8.97. The van der Waals surface area contributed by atoms with E-state index in [1.54, 1.807) is 6.92 Å². The summed E-state index contributed by atoms with van der Waals surface area (Å²) < 4.78 is 9.21. The summed E-state index contributed by atoms with van der Waals surface area (Å²) in [6.07, 6.45) is -0.639. The molecule has 0 aliphatic heterocycles. The van der Waals surface area contributed by atoms with E-state index in [1.807, 2.05) is 4.90 Å². The summed E-state index contributed by atoms with van der Waals surface area (Å²) in [6, 6.07) is 32.0. The van der Waals surface area contributed by atoms with Crippen molar-refractivity contribution in [1.29, 1.82) is 0 Å². The van der Waals surface area contributed by atoms with Crippen LogP contribution in [0, 0.1) is 0 Å². The van der Waals surface area contributed by atoms with Crippen molar-refractivity contribution in [3.8, 4) is 0 Å². The number of nitrogens with two attached hydrogens (primary N) is 6. The van der Waals surface area contributed by atoms with Gasteiger partial charge in [-0.25, -0.2) is 9.59 Å². The molecule has 15 N–H and O–H groups in total. The van der Waals surface area contributed by atoms with Crippen LogP contribution in [0.2, 0.25) is 0 Å². The van der Waals surface area contributed by atoms with Gasteiger partial charge in [0.15, 0.2) is 0 Å². The summed E-state index contributed by atoms with van der Waals surface area (Å²) >= 11 is 0. The van der Waals surface area contributed by atoms with Crippen LogP contribution < -0.4 is 50.4 Å². The molecule has 18 heteroatoms. The van der Waals surface area contributed by atoms with Crippen molar-refractivity contribution >= 4 is 18.3 Å². The highest BCUT2D eigenvalue weighted by atomic mass is 16.5. The second kappa shape index (κ2) is 38.1. The molecule has 0 aromatic heterocycles. The van der Waals surface area contributed by atoms with E-state index in [2.05, 4.69) is 121 Å².